The van der Waals surface area contributed by atoms with Crippen LogP contribution in [0.3, 0.4) is 0 Å². The maximum atomic E-state index is 12.5. The predicted molar refractivity (Wildman–Crippen MR) is 97.3 cm³/mol. The summed E-state index contributed by atoms with van der Waals surface area (Å²) in [5.41, 5.74) is 4.71. The number of aryl methyl sites for hydroxylation is 1. The van der Waals surface area contributed by atoms with Crippen molar-refractivity contribution in [3.05, 3.63) is 65.9 Å². The van der Waals surface area contributed by atoms with Crippen LogP contribution in [0.5, 0.6) is 0 Å². The van der Waals surface area contributed by atoms with E-state index in [1.54, 1.807) is 0 Å². The topological polar surface area (TPSA) is 48.1 Å². The summed E-state index contributed by atoms with van der Waals surface area (Å²) in [7, 11) is 1.89. The molecule has 0 spiro atoms. The second-order valence-electron chi connectivity index (χ2n) is 6.43. The van der Waals surface area contributed by atoms with E-state index in [1.165, 1.54) is 22.2 Å². The van der Waals surface area contributed by atoms with Crippen LogP contribution in [0.15, 0.2) is 54.6 Å². The summed E-state index contributed by atoms with van der Waals surface area (Å²) in [6.45, 7) is 0. The van der Waals surface area contributed by atoms with E-state index >= 15 is 0 Å². The standard InChI is InChI=1S/C20H21N3O/c1-23(20(24)21-14-7-3-2-4-8-14)15-11-12-19-17(13-15)16-9-5-6-10-18(16)22-19/h2-10,15,22H,11-13H2,1H3,(H,21,24). The summed E-state index contributed by atoms with van der Waals surface area (Å²) in [5, 5.41) is 4.26. The van der Waals surface area contributed by atoms with Crippen molar-refractivity contribution in [1.82, 2.24) is 9.88 Å². The molecule has 0 bridgehead atoms. The highest BCUT2D eigenvalue weighted by molar-refractivity contribution is 5.89. The van der Waals surface area contributed by atoms with Crippen LogP contribution in [0, 0.1) is 0 Å². The minimum absolute atomic E-state index is 0.0468. The average Bonchev–Trinajstić information content (AvgIpc) is 2.99. The first-order valence-electron chi connectivity index (χ1n) is 8.39. The molecule has 1 atom stereocenters. The number of hydrogen-bond donors (Lipinski definition) is 2. The number of urea groups is 1. The first-order valence-corrected chi connectivity index (χ1v) is 8.39. The lowest BCUT2D eigenvalue weighted by Crippen LogP contribution is -2.42. The Morgan fingerprint density at radius 3 is 2.71 bits per heavy atom. The summed E-state index contributed by atoms with van der Waals surface area (Å²) in [4.78, 5) is 17.9. The molecule has 1 aliphatic rings. The lowest BCUT2D eigenvalue weighted by Gasteiger charge is -2.31. The largest absolute Gasteiger partial charge is 0.358 e. The highest BCUT2D eigenvalue weighted by Gasteiger charge is 2.27. The molecule has 1 heterocycles. The number of nitrogens with one attached hydrogen (secondary N) is 2. The van der Waals surface area contributed by atoms with Gasteiger partial charge in [-0.3, -0.25) is 0 Å². The average molecular weight is 319 g/mol. The summed E-state index contributed by atoms with van der Waals surface area (Å²) >= 11 is 0. The van der Waals surface area contributed by atoms with Gasteiger partial charge in [-0.15, -0.1) is 0 Å². The monoisotopic (exact) mass is 319 g/mol. The number of para-hydroxylation sites is 2. The number of aromatic amines is 1. The van der Waals surface area contributed by atoms with Gasteiger partial charge in [0.25, 0.3) is 0 Å². The van der Waals surface area contributed by atoms with Gasteiger partial charge in [0, 0.05) is 35.4 Å². The van der Waals surface area contributed by atoms with E-state index in [9.17, 15) is 4.79 Å². The Bertz CT molecular complexity index is 869. The Kier molecular flexibility index (Phi) is 3.73. The Morgan fingerprint density at radius 1 is 1.12 bits per heavy atom. The fourth-order valence-electron chi connectivity index (χ4n) is 3.58. The van der Waals surface area contributed by atoms with Crippen molar-refractivity contribution in [2.45, 2.75) is 25.3 Å². The SMILES string of the molecule is CN(C(=O)Nc1ccccc1)C1CCc2[nH]c3ccccc3c2C1. The number of amides is 2. The fourth-order valence-corrected chi connectivity index (χ4v) is 3.58. The van der Waals surface area contributed by atoms with Gasteiger partial charge in [-0.2, -0.15) is 0 Å². The molecule has 0 fully saturated rings. The molecular formula is C20H21N3O. The van der Waals surface area contributed by atoms with E-state index in [-0.39, 0.29) is 12.1 Å². The molecule has 1 unspecified atom stereocenters. The van der Waals surface area contributed by atoms with Crippen molar-refractivity contribution in [3.63, 3.8) is 0 Å². The number of anilines is 1. The van der Waals surface area contributed by atoms with Crippen LogP contribution in [0.4, 0.5) is 10.5 Å². The number of carbonyl (C=O) groups excluding carboxylic acids is 1. The minimum atomic E-state index is -0.0468. The molecule has 4 heteroatoms. The van der Waals surface area contributed by atoms with E-state index in [1.807, 2.05) is 42.3 Å². The van der Waals surface area contributed by atoms with E-state index in [2.05, 4.69) is 34.6 Å². The molecule has 0 saturated heterocycles. The summed E-state index contributed by atoms with van der Waals surface area (Å²) < 4.78 is 0. The normalized spacial score (nSPS) is 16.6. The van der Waals surface area contributed by atoms with Gasteiger partial charge in [0.1, 0.15) is 0 Å². The molecular weight excluding hydrogens is 298 g/mol. The number of likely N-dealkylation sites (N-methyl/N-ethyl adjacent to an activating group) is 1. The summed E-state index contributed by atoms with van der Waals surface area (Å²) in [6, 6.07) is 18.2. The van der Waals surface area contributed by atoms with Gasteiger partial charge in [-0.25, -0.2) is 4.79 Å². The summed E-state index contributed by atoms with van der Waals surface area (Å²) in [6.07, 6.45) is 2.87. The quantitative estimate of drug-likeness (QED) is 0.731. The minimum Gasteiger partial charge on any atom is -0.358 e. The van der Waals surface area contributed by atoms with Gasteiger partial charge >= 0.3 is 6.03 Å². The molecule has 24 heavy (non-hydrogen) atoms. The molecule has 0 aliphatic heterocycles. The Balaban J connectivity index is 1.52. The van der Waals surface area contributed by atoms with Crippen LogP contribution in [-0.2, 0) is 12.8 Å². The lowest BCUT2D eigenvalue weighted by molar-refractivity contribution is 0.198. The molecule has 0 radical (unpaired) electrons. The third kappa shape index (κ3) is 2.64. The van der Waals surface area contributed by atoms with Crippen LogP contribution < -0.4 is 5.32 Å². The first kappa shape index (κ1) is 14.8. The number of nitrogens with zero attached hydrogens (tertiary/aromatic N) is 1. The second-order valence-corrected chi connectivity index (χ2v) is 6.43. The van der Waals surface area contributed by atoms with Crippen LogP contribution in [0.1, 0.15) is 17.7 Å². The van der Waals surface area contributed by atoms with Gasteiger partial charge in [-0.1, -0.05) is 36.4 Å². The number of benzene rings is 2. The molecule has 0 saturated carbocycles. The van der Waals surface area contributed by atoms with Gasteiger partial charge in [0.05, 0.1) is 0 Å². The smallest absolute Gasteiger partial charge is 0.321 e. The number of aromatic nitrogens is 1. The molecule has 2 N–H and O–H groups in total. The molecule has 122 valence electrons. The predicted octanol–water partition coefficient (Wildman–Crippen LogP) is 4.19. The molecule has 1 aliphatic carbocycles. The first-order chi connectivity index (χ1) is 11.7. The lowest BCUT2D eigenvalue weighted by atomic mass is 9.91. The van der Waals surface area contributed by atoms with Crippen molar-refractivity contribution in [3.8, 4) is 0 Å². The van der Waals surface area contributed by atoms with Crippen LogP contribution in [0.25, 0.3) is 10.9 Å². The highest BCUT2D eigenvalue weighted by atomic mass is 16.2. The number of hydrogen-bond acceptors (Lipinski definition) is 1. The highest BCUT2D eigenvalue weighted by Crippen LogP contribution is 2.30. The van der Waals surface area contributed by atoms with Gasteiger partial charge < -0.3 is 15.2 Å². The third-order valence-corrected chi connectivity index (χ3v) is 4.96. The Morgan fingerprint density at radius 2 is 1.88 bits per heavy atom. The molecule has 1 aromatic heterocycles. The summed E-state index contributed by atoms with van der Waals surface area (Å²) in [5.74, 6) is 0. The second kappa shape index (κ2) is 6.04. The zero-order chi connectivity index (χ0) is 16.5. The Hall–Kier alpha value is -2.75. The van der Waals surface area contributed by atoms with Gasteiger partial charge in [-0.05, 0) is 43.0 Å². The van der Waals surface area contributed by atoms with Crippen LogP contribution in [-0.4, -0.2) is 29.0 Å². The fraction of sp³-hybridized carbons (Fsp3) is 0.250. The number of carbonyl (C=O) groups is 1. The van der Waals surface area contributed by atoms with Crippen molar-refractivity contribution in [1.29, 1.82) is 0 Å². The van der Waals surface area contributed by atoms with Crippen molar-refractivity contribution in [2.75, 3.05) is 12.4 Å². The zero-order valence-electron chi connectivity index (χ0n) is 13.8. The molecule has 2 aromatic carbocycles. The number of H-pyrrole nitrogens is 1. The Labute approximate surface area is 141 Å². The maximum Gasteiger partial charge on any atom is 0.321 e. The van der Waals surface area contributed by atoms with Crippen LogP contribution >= 0.6 is 0 Å². The van der Waals surface area contributed by atoms with Crippen molar-refractivity contribution >= 4 is 22.6 Å². The third-order valence-electron chi connectivity index (χ3n) is 4.96. The molecule has 3 aromatic rings. The van der Waals surface area contributed by atoms with E-state index in [0.29, 0.717) is 0 Å². The van der Waals surface area contributed by atoms with E-state index in [4.69, 9.17) is 0 Å². The maximum absolute atomic E-state index is 12.5. The molecule has 4 rings (SSSR count). The van der Waals surface area contributed by atoms with Crippen molar-refractivity contribution in [2.24, 2.45) is 0 Å². The van der Waals surface area contributed by atoms with E-state index in [0.717, 1.165) is 24.9 Å². The molecule has 4 nitrogen and oxygen atoms in total. The molecule has 2 amide bonds. The zero-order valence-corrected chi connectivity index (χ0v) is 13.8. The van der Waals surface area contributed by atoms with Crippen molar-refractivity contribution < 1.29 is 4.79 Å². The number of fused-ring (bicyclic) bond motifs is 3. The van der Waals surface area contributed by atoms with Gasteiger partial charge in [0.2, 0.25) is 0 Å². The van der Waals surface area contributed by atoms with E-state index < -0.39 is 0 Å². The van der Waals surface area contributed by atoms with Crippen LogP contribution in [0.2, 0.25) is 0 Å². The van der Waals surface area contributed by atoms with Gasteiger partial charge in [0.15, 0.2) is 0 Å². The number of rotatable bonds is 2.